The topological polar surface area (TPSA) is 85.8 Å². The first-order chi connectivity index (χ1) is 8.72. The van der Waals surface area contributed by atoms with Crippen molar-refractivity contribution in [1.82, 2.24) is 20.1 Å². The van der Waals surface area contributed by atoms with Gasteiger partial charge in [-0.25, -0.2) is 0 Å². The average Bonchev–Trinajstić information content (AvgIpc) is 2.57. The first-order valence-corrected chi connectivity index (χ1v) is 7.14. The number of thioether (sulfide) groups is 1. The predicted octanol–water partition coefficient (Wildman–Crippen LogP) is 0.306. The maximum absolute atomic E-state index is 11.9. The van der Waals surface area contributed by atoms with Gasteiger partial charge in [-0.05, 0) is 19.8 Å². The summed E-state index contributed by atoms with van der Waals surface area (Å²) in [7, 11) is 0. The van der Waals surface area contributed by atoms with Crippen molar-refractivity contribution in [1.29, 1.82) is 0 Å². The molecule has 100 valence electrons. The van der Waals surface area contributed by atoms with E-state index < -0.39 is 0 Å². The Morgan fingerprint density at radius 3 is 3.11 bits per heavy atom. The molecule has 1 amide bonds. The number of nitrogens with one attached hydrogen (secondary N) is 1. The highest BCUT2D eigenvalue weighted by molar-refractivity contribution is 8.00. The zero-order valence-electron chi connectivity index (χ0n) is 10.6. The Labute approximate surface area is 111 Å². The molecule has 7 heteroatoms. The number of aromatic nitrogens is 3. The van der Waals surface area contributed by atoms with Gasteiger partial charge in [-0.15, -0.1) is 10.2 Å². The van der Waals surface area contributed by atoms with E-state index in [1.165, 1.54) is 11.8 Å². The third-order valence-electron chi connectivity index (χ3n) is 2.99. The molecule has 6 nitrogen and oxygen atoms in total. The summed E-state index contributed by atoms with van der Waals surface area (Å²) in [6.07, 6.45) is 3.02. The van der Waals surface area contributed by atoms with Gasteiger partial charge >= 0.3 is 0 Å². The number of nitrogens with two attached hydrogens (primary N) is 1. The van der Waals surface area contributed by atoms with Crippen LogP contribution in [0, 0.1) is 6.92 Å². The zero-order valence-corrected chi connectivity index (χ0v) is 11.4. The van der Waals surface area contributed by atoms with E-state index in [0.717, 1.165) is 36.8 Å². The normalized spacial score (nSPS) is 20.6. The molecule has 1 aromatic heterocycles. The van der Waals surface area contributed by atoms with Gasteiger partial charge in [0.15, 0.2) is 5.16 Å². The first-order valence-electron chi connectivity index (χ1n) is 6.26. The van der Waals surface area contributed by atoms with Gasteiger partial charge in [-0.1, -0.05) is 18.2 Å². The summed E-state index contributed by atoms with van der Waals surface area (Å²) >= 11 is 1.50. The van der Waals surface area contributed by atoms with Crippen molar-refractivity contribution in [2.24, 2.45) is 5.73 Å². The second-order valence-electron chi connectivity index (χ2n) is 4.36. The fraction of sp³-hybridized carbons (Fsp3) is 0.727. The van der Waals surface area contributed by atoms with Crippen LogP contribution >= 0.6 is 11.8 Å². The van der Waals surface area contributed by atoms with E-state index in [2.05, 4.69) is 15.5 Å². The minimum Gasteiger partial charge on any atom is -0.355 e. The molecule has 0 bridgehead atoms. The van der Waals surface area contributed by atoms with E-state index >= 15 is 0 Å². The van der Waals surface area contributed by atoms with Crippen molar-refractivity contribution in [3.8, 4) is 0 Å². The standard InChI is InChI=1S/C11H19N5OS/c1-8-14-15-11(16(8)7-5-12)18-9-4-2-3-6-13-10(9)17/h9H,2-7,12H2,1H3,(H,13,17). The van der Waals surface area contributed by atoms with Gasteiger partial charge in [-0.2, -0.15) is 0 Å². The van der Waals surface area contributed by atoms with Crippen molar-refractivity contribution in [2.75, 3.05) is 13.1 Å². The van der Waals surface area contributed by atoms with E-state index in [0.29, 0.717) is 13.1 Å². The van der Waals surface area contributed by atoms with Crippen LogP contribution in [-0.4, -0.2) is 39.0 Å². The van der Waals surface area contributed by atoms with Crippen LogP contribution in [0.5, 0.6) is 0 Å². The van der Waals surface area contributed by atoms with Gasteiger partial charge in [-0.3, -0.25) is 4.79 Å². The fourth-order valence-corrected chi connectivity index (χ4v) is 3.15. The summed E-state index contributed by atoms with van der Waals surface area (Å²) in [4.78, 5) is 11.9. The van der Waals surface area contributed by atoms with Crippen LogP contribution in [0.2, 0.25) is 0 Å². The van der Waals surface area contributed by atoms with E-state index in [-0.39, 0.29) is 11.2 Å². The molecular weight excluding hydrogens is 250 g/mol. The number of hydrogen-bond donors (Lipinski definition) is 2. The van der Waals surface area contributed by atoms with Crippen LogP contribution < -0.4 is 11.1 Å². The molecule has 1 saturated heterocycles. The molecule has 2 heterocycles. The lowest BCUT2D eigenvalue weighted by Gasteiger charge is -2.13. The Morgan fingerprint density at radius 1 is 1.50 bits per heavy atom. The second-order valence-corrected chi connectivity index (χ2v) is 5.53. The van der Waals surface area contributed by atoms with Gasteiger partial charge in [0.25, 0.3) is 0 Å². The molecule has 0 spiro atoms. The molecule has 0 radical (unpaired) electrons. The summed E-state index contributed by atoms with van der Waals surface area (Å²) in [5, 5.41) is 11.8. The maximum atomic E-state index is 11.9. The minimum atomic E-state index is -0.0624. The van der Waals surface area contributed by atoms with Crippen molar-refractivity contribution >= 4 is 17.7 Å². The molecule has 0 saturated carbocycles. The van der Waals surface area contributed by atoms with Crippen molar-refractivity contribution in [3.63, 3.8) is 0 Å². The summed E-state index contributed by atoms with van der Waals surface area (Å²) in [5.74, 6) is 0.953. The van der Waals surface area contributed by atoms with Crippen molar-refractivity contribution < 1.29 is 4.79 Å². The molecule has 0 aliphatic carbocycles. The molecule has 1 fully saturated rings. The van der Waals surface area contributed by atoms with E-state index in [9.17, 15) is 4.79 Å². The van der Waals surface area contributed by atoms with Crippen LogP contribution in [0.1, 0.15) is 25.1 Å². The van der Waals surface area contributed by atoms with Crippen LogP contribution in [0.25, 0.3) is 0 Å². The molecule has 2 rings (SSSR count). The number of hydrogen-bond acceptors (Lipinski definition) is 5. The monoisotopic (exact) mass is 269 g/mol. The third kappa shape index (κ3) is 3.02. The quantitative estimate of drug-likeness (QED) is 0.821. The number of carbonyl (C=O) groups is 1. The lowest BCUT2D eigenvalue weighted by Crippen LogP contribution is -2.31. The lowest BCUT2D eigenvalue weighted by atomic mass is 10.2. The number of carbonyl (C=O) groups excluding carboxylic acids is 1. The fourth-order valence-electron chi connectivity index (χ4n) is 1.99. The van der Waals surface area contributed by atoms with Gasteiger partial charge in [0.1, 0.15) is 5.82 Å². The van der Waals surface area contributed by atoms with Gasteiger partial charge < -0.3 is 15.6 Å². The molecule has 1 aliphatic heterocycles. The summed E-state index contributed by atoms with van der Waals surface area (Å²) in [6.45, 7) is 3.92. The molecule has 1 unspecified atom stereocenters. The molecule has 0 aromatic carbocycles. The minimum absolute atomic E-state index is 0.0624. The summed E-state index contributed by atoms with van der Waals surface area (Å²) in [5.41, 5.74) is 5.58. The number of aryl methyl sites for hydroxylation is 1. The van der Waals surface area contributed by atoms with Gasteiger partial charge in [0, 0.05) is 19.6 Å². The highest BCUT2D eigenvalue weighted by Gasteiger charge is 2.24. The van der Waals surface area contributed by atoms with E-state index in [1.807, 2.05) is 11.5 Å². The Balaban J connectivity index is 2.09. The molecular formula is C11H19N5OS. The molecule has 3 N–H and O–H groups in total. The lowest BCUT2D eigenvalue weighted by molar-refractivity contribution is -0.120. The van der Waals surface area contributed by atoms with Gasteiger partial charge in [0.2, 0.25) is 5.91 Å². The SMILES string of the molecule is Cc1nnc(SC2CCCCNC2=O)n1CCN. The summed E-state index contributed by atoms with van der Waals surface area (Å²) < 4.78 is 1.98. The van der Waals surface area contributed by atoms with Crippen LogP contribution in [-0.2, 0) is 11.3 Å². The Bertz CT molecular complexity index is 420. The third-order valence-corrected chi connectivity index (χ3v) is 4.23. The van der Waals surface area contributed by atoms with Crippen molar-refractivity contribution in [2.45, 2.75) is 43.1 Å². The summed E-state index contributed by atoms with van der Waals surface area (Å²) in [6, 6.07) is 0. The smallest absolute Gasteiger partial charge is 0.233 e. The van der Waals surface area contributed by atoms with E-state index in [4.69, 9.17) is 5.73 Å². The Kier molecular flexibility index (Phi) is 4.60. The molecule has 1 atom stereocenters. The second kappa shape index (κ2) is 6.19. The number of rotatable bonds is 4. The predicted molar refractivity (Wildman–Crippen MR) is 70.3 cm³/mol. The van der Waals surface area contributed by atoms with Crippen LogP contribution in [0.3, 0.4) is 0 Å². The Hall–Kier alpha value is -1.08. The highest BCUT2D eigenvalue weighted by atomic mass is 32.2. The number of amides is 1. The largest absolute Gasteiger partial charge is 0.355 e. The van der Waals surface area contributed by atoms with Crippen LogP contribution in [0.4, 0.5) is 0 Å². The highest BCUT2D eigenvalue weighted by Crippen LogP contribution is 2.27. The van der Waals surface area contributed by atoms with Crippen LogP contribution in [0.15, 0.2) is 5.16 Å². The zero-order chi connectivity index (χ0) is 13.0. The number of nitrogens with zero attached hydrogens (tertiary/aromatic N) is 3. The molecule has 18 heavy (non-hydrogen) atoms. The molecule has 1 aromatic rings. The van der Waals surface area contributed by atoms with Gasteiger partial charge in [0.05, 0.1) is 5.25 Å². The van der Waals surface area contributed by atoms with Crippen molar-refractivity contribution in [3.05, 3.63) is 5.82 Å². The Morgan fingerprint density at radius 2 is 2.33 bits per heavy atom. The molecule has 1 aliphatic rings. The van der Waals surface area contributed by atoms with E-state index in [1.54, 1.807) is 0 Å². The first kappa shape index (κ1) is 13.4. The average molecular weight is 269 g/mol. The maximum Gasteiger partial charge on any atom is 0.233 e.